The zero-order valence-corrected chi connectivity index (χ0v) is 20.8. The Labute approximate surface area is 206 Å². The molecule has 1 rings (SSSR count). The van der Waals surface area contributed by atoms with E-state index in [-0.39, 0.29) is 65.4 Å². The molecule has 0 amide bonds. The van der Waals surface area contributed by atoms with Crippen LogP contribution in [0.25, 0.3) is 0 Å². The van der Waals surface area contributed by atoms with Gasteiger partial charge in [-0.25, -0.2) is 9.59 Å². The second-order valence-corrected chi connectivity index (χ2v) is 5.58. The summed E-state index contributed by atoms with van der Waals surface area (Å²) in [4.78, 5) is 21.6. The van der Waals surface area contributed by atoms with Gasteiger partial charge in [0.05, 0.1) is 0 Å². The van der Waals surface area contributed by atoms with Gasteiger partial charge in [0.15, 0.2) is 0 Å². The van der Waals surface area contributed by atoms with Crippen LogP contribution < -0.4 is 0 Å². The van der Waals surface area contributed by atoms with Gasteiger partial charge in [0, 0.05) is 90.8 Å². The van der Waals surface area contributed by atoms with Crippen LogP contribution in [0.5, 0.6) is 0 Å². The molecule has 8 heteroatoms. The van der Waals surface area contributed by atoms with Gasteiger partial charge in [-0.2, -0.15) is 0 Å². The summed E-state index contributed by atoms with van der Waals surface area (Å²) in [5.41, 5.74) is 0. The molecule has 2 radical (unpaired) electrons. The Hall–Kier alpha value is 0.548. The van der Waals surface area contributed by atoms with E-state index in [1.807, 2.05) is 0 Å². The van der Waals surface area contributed by atoms with Crippen molar-refractivity contribution >= 4 is 11.9 Å². The van der Waals surface area contributed by atoms with Crippen LogP contribution in [0, 0.1) is 25.0 Å². The summed E-state index contributed by atoms with van der Waals surface area (Å²) in [6.07, 6.45) is 6.60. The van der Waals surface area contributed by atoms with Crippen molar-refractivity contribution in [1.82, 2.24) is 0 Å². The van der Waals surface area contributed by atoms with Gasteiger partial charge in [0.1, 0.15) is 0 Å². The summed E-state index contributed by atoms with van der Waals surface area (Å²) < 4.78 is 20.4. The smallest absolute Gasteiger partial charge is 0.298 e. The molecule has 0 saturated heterocycles. The number of carbonyl (C=O) groups is 2. The van der Waals surface area contributed by atoms with Crippen LogP contribution in [-0.2, 0) is 94.0 Å². The Morgan fingerprint density at radius 3 is 1.46 bits per heavy atom. The normalized spacial score (nSPS) is 18.6. The fourth-order valence-corrected chi connectivity index (χ4v) is 2.46. The first kappa shape index (κ1) is 28.8. The van der Waals surface area contributed by atoms with Crippen LogP contribution in [0.3, 0.4) is 0 Å². The molecule has 1 aliphatic carbocycles. The first-order valence-corrected chi connectivity index (χ1v) is 8.10. The van der Waals surface area contributed by atoms with Crippen molar-refractivity contribution < 1.29 is 94.0 Å². The molecule has 0 aromatic heterocycles. The van der Waals surface area contributed by atoms with E-state index in [0.29, 0.717) is 38.3 Å². The molecule has 0 spiro atoms. The molecule has 1 fully saturated rings. The largest absolute Gasteiger partial charge is 0.632 e. The van der Waals surface area contributed by atoms with Gasteiger partial charge < -0.3 is 18.9 Å². The van der Waals surface area contributed by atoms with Crippen LogP contribution in [0.15, 0.2) is 25.3 Å². The van der Waals surface area contributed by atoms with Crippen LogP contribution in [0.2, 0.25) is 0 Å². The van der Waals surface area contributed by atoms with Crippen molar-refractivity contribution in [3.8, 4) is 0 Å². The van der Waals surface area contributed by atoms with E-state index in [0.717, 1.165) is 37.8 Å². The Morgan fingerprint density at radius 2 is 1.15 bits per heavy atom. The maximum Gasteiger partial charge on any atom is 0.298 e. The maximum atomic E-state index is 10.8. The monoisotopic (exact) mass is 516 g/mol. The molecule has 0 aliphatic heterocycles. The first-order chi connectivity index (χ1) is 11.7. The van der Waals surface area contributed by atoms with Crippen molar-refractivity contribution in [1.29, 1.82) is 0 Å². The summed E-state index contributed by atoms with van der Waals surface area (Å²) >= 11 is 0. The van der Waals surface area contributed by atoms with E-state index in [1.54, 1.807) is 0 Å². The maximum absolute atomic E-state index is 10.8. The molecule has 0 N–H and O–H groups in total. The van der Waals surface area contributed by atoms with E-state index >= 15 is 0 Å². The molecule has 6 nitrogen and oxygen atoms in total. The van der Waals surface area contributed by atoms with Gasteiger partial charge in [-0.1, -0.05) is 13.2 Å². The van der Waals surface area contributed by atoms with Crippen molar-refractivity contribution in [2.75, 3.05) is 26.4 Å². The Morgan fingerprint density at radius 1 is 0.808 bits per heavy atom. The number of ether oxygens (including phenoxy) is 4. The molecule has 0 unspecified atom stereocenters. The molecule has 0 heterocycles. The molecule has 0 bridgehead atoms. The van der Waals surface area contributed by atoms with Gasteiger partial charge in [-0.05, 0) is 50.7 Å². The van der Waals surface area contributed by atoms with Gasteiger partial charge >= 0.3 is 0 Å². The van der Waals surface area contributed by atoms with Gasteiger partial charge in [-0.15, -0.1) is 13.2 Å². The average molecular weight is 516 g/mol. The quantitative estimate of drug-likeness (QED) is 0.172. The van der Waals surface area contributed by atoms with Crippen molar-refractivity contribution in [3.05, 3.63) is 38.5 Å². The minimum absolute atomic E-state index is 0. The van der Waals surface area contributed by atoms with Crippen LogP contribution in [0.1, 0.15) is 25.7 Å². The molecule has 1 saturated carbocycles. The second kappa shape index (κ2) is 18.9. The third-order valence-electron chi connectivity index (χ3n) is 3.78. The van der Waals surface area contributed by atoms with E-state index in [1.165, 1.54) is 13.2 Å². The van der Waals surface area contributed by atoms with Gasteiger partial charge in [0.2, 0.25) is 0 Å². The number of hydrogen-bond donors (Lipinski definition) is 0. The average Bonchev–Trinajstić information content (AvgIpc) is 2.61. The van der Waals surface area contributed by atoms with Gasteiger partial charge in [0.25, 0.3) is 11.9 Å². The van der Waals surface area contributed by atoms with Crippen molar-refractivity contribution in [3.63, 3.8) is 0 Å². The fraction of sp³-hybridized carbons (Fsp3) is 0.556. The minimum atomic E-state index is -0.476. The Bertz CT molecular complexity index is 370. The zero-order chi connectivity index (χ0) is 17.6. The standard InChI is InChI=1S/C18H26O6.2Y/c1-3-17(19)23-11-9-21-13-15-5-7-16(8-6-15)14-22-10-12-24-18(20)4-2;;/h3-4,11-12,15-16H,1-2,5-10,13-14H2;;/q-2;;. The second-order valence-electron chi connectivity index (χ2n) is 5.58. The molecule has 26 heavy (non-hydrogen) atoms. The molecular formula is C18H26O6Y2-2. The van der Waals surface area contributed by atoms with Crippen LogP contribution in [-0.4, -0.2) is 38.4 Å². The van der Waals surface area contributed by atoms with E-state index in [2.05, 4.69) is 13.2 Å². The number of carbonyl (C=O) groups excluding carboxylic acids is 2. The summed E-state index contributed by atoms with van der Waals surface area (Å²) in [5.74, 6) is 0.112. The molecule has 0 aromatic carbocycles. The summed E-state index contributed by atoms with van der Waals surface area (Å²) in [7, 11) is 0. The predicted molar refractivity (Wildman–Crippen MR) is 88.3 cm³/mol. The van der Waals surface area contributed by atoms with Crippen molar-refractivity contribution in [2.24, 2.45) is 11.8 Å². The van der Waals surface area contributed by atoms with E-state index < -0.39 is 11.9 Å². The summed E-state index contributed by atoms with van der Waals surface area (Å²) in [5, 5.41) is 0. The fourth-order valence-electron chi connectivity index (χ4n) is 2.46. The van der Waals surface area contributed by atoms with Crippen LogP contribution in [0.4, 0.5) is 0 Å². The third kappa shape index (κ3) is 14.6. The van der Waals surface area contributed by atoms with E-state index in [4.69, 9.17) is 18.9 Å². The first-order valence-electron chi connectivity index (χ1n) is 8.10. The molecule has 142 valence electrons. The summed E-state index contributed by atoms with van der Waals surface area (Å²) in [6.45, 7) is 11.2. The zero-order valence-electron chi connectivity index (χ0n) is 15.1. The summed E-state index contributed by atoms with van der Waals surface area (Å²) in [6, 6.07) is 0. The topological polar surface area (TPSA) is 71.1 Å². The van der Waals surface area contributed by atoms with E-state index in [9.17, 15) is 9.59 Å². The third-order valence-corrected chi connectivity index (χ3v) is 3.78. The SMILES string of the molecule is C=CC(=O)O[CH-]COCC1CCC(COC[CH-]OC(=O)C=C)CC1.[Y].[Y]. The Kier molecular flexibility index (Phi) is 20.9. The number of esters is 2. The van der Waals surface area contributed by atoms with Crippen molar-refractivity contribution in [2.45, 2.75) is 25.7 Å². The Balaban J connectivity index is 0. The molecule has 0 aromatic rings. The molecular weight excluding hydrogens is 490 g/mol. The number of rotatable bonds is 12. The van der Waals surface area contributed by atoms with Crippen LogP contribution >= 0.6 is 0 Å². The number of hydrogen-bond acceptors (Lipinski definition) is 6. The minimum Gasteiger partial charge on any atom is -0.632 e. The van der Waals surface area contributed by atoms with Gasteiger partial charge in [-0.3, -0.25) is 0 Å². The molecule has 1 aliphatic rings. The molecule has 0 atom stereocenters. The predicted octanol–water partition coefficient (Wildman–Crippen LogP) is 2.60.